The highest BCUT2D eigenvalue weighted by Crippen LogP contribution is 2.46. The zero-order valence-electron chi connectivity index (χ0n) is 11.8. The zero-order chi connectivity index (χ0) is 15.0. The molecule has 4 rings (SSSR count). The van der Waals surface area contributed by atoms with Gasteiger partial charge in [0.25, 0.3) is 0 Å². The van der Waals surface area contributed by atoms with E-state index in [0.717, 1.165) is 31.9 Å². The summed E-state index contributed by atoms with van der Waals surface area (Å²) in [4.78, 5) is 15.8. The fourth-order valence-electron chi connectivity index (χ4n) is 3.84. The van der Waals surface area contributed by atoms with Crippen LogP contribution in [0.15, 0.2) is 12.3 Å². The second-order valence-electron chi connectivity index (χ2n) is 5.88. The van der Waals surface area contributed by atoms with Crippen LogP contribution in [0.5, 0.6) is 0 Å². The molecular formula is C15H18ClFN2O2. The lowest BCUT2D eigenvalue weighted by atomic mass is 9.61. The second-order valence-corrected chi connectivity index (χ2v) is 6.27. The summed E-state index contributed by atoms with van der Waals surface area (Å²) < 4.78 is 18.8. The minimum atomic E-state index is -0.454. The minimum absolute atomic E-state index is 0.0992. The number of fused-ring (bicyclic) bond motifs is 3. The molecule has 0 aliphatic heterocycles. The highest BCUT2D eigenvalue weighted by Gasteiger charge is 2.47. The van der Waals surface area contributed by atoms with Crippen molar-refractivity contribution in [2.24, 2.45) is 17.8 Å². The largest absolute Gasteiger partial charge is 0.469 e. The summed E-state index contributed by atoms with van der Waals surface area (Å²) in [5, 5.41) is 3.42. The SMILES string of the molecule is COC(=O)C1C2CCC(CC2)C1Nc1cc(Cl)ncc1F. The molecule has 0 radical (unpaired) electrons. The Balaban J connectivity index is 1.87. The van der Waals surface area contributed by atoms with Crippen LogP contribution < -0.4 is 5.32 Å². The van der Waals surface area contributed by atoms with Gasteiger partial charge in [0, 0.05) is 12.1 Å². The number of hydrogen-bond acceptors (Lipinski definition) is 4. The fraction of sp³-hybridized carbons (Fsp3) is 0.600. The number of pyridine rings is 1. The lowest BCUT2D eigenvalue weighted by Gasteiger charge is -2.47. The van der Waals surface area contributed by atoms with Gasteiger partial charge in [-0.3, -0.25) is 4.79 Å². The number of methoxy groups -OCH3 is 1. The third-order valence-corrected chi connectivity index (χ3v) is 5.04. The predicted octanol–water partition coefficient (Wildman–Crippen LogP) is 3.26. The van der Waals surface area contributed by atoms with E-state index in [1.807, 2.05) is 0 Å². The molecule has 3 aliphatic rings. The van der Waals surface area contributed by atoms with Gasteiger partial charge >= 0.3 is 5.97 Å². The summed E-state index contributed by atoms with van der Waals surface area (Å²) in [5.41, 5.74) is 0.307. The Morgan fingerprint density at radius 3 is 2.71 bits per heavy atom. The van der Waals surface area contributed by atoms with E-state index in [-0.39, 0.29) is 23.1 Å². The number of anilines is 1. The van der Waals surface area contributed by atoms with Crippen molar-refractivity contribution in [2.75, 3.05) is 12.4 Å². The van der Waals surface area contributed by atoms with Crippen LogP contribution in [0.2, 0.25) is 5.15 Å². The molecule has 0 saturated heterocycles. The topological polar surface area (TPSA) is 51.2 Å². The highest BCUT2D eigenvalue weighted by molar-refractivity contribution is 6.29. The lowest BCUT2D eigenvalue weighted by Crippen LogP contribution is -2.51. The molecule has 1 heterocycles. The van der Waals surface area contributed by atoms with Crippen molar-refractivity contribution >= 4 is 23.3 Å². The summed E-state index contributed by atoms with van der Waals surface area (Å²) in [5.74, 6) is -0.188. The van der Waals surface area contributed by atoms with Gasteiger partial charge in [0.2, 0.25) is 0 Å². The standard InChI is InChI=1S/C15H18ClFN2O2/c1-21-15(20)13-8-2-4-9(5-3-8)14(13)19-11-6-12(16)18-7-10(11)17/h6-9,13-14H,2-5H2,1H3,(H,18,19). The second kappa shape index (κ2) is 5.79. The van der Waals surface area contributed by atoms with E-state index >= 15 is 0 Å². The van der Waals surface area contributed by atoms with Gasteiger partial charge in [-0.15, -0.1) is 0 Å². The molecule has 2 atom stereocenters. The molecule has 0 spiro atoms. The van der Waals surface area contributed by atoms with E-state index in [2.05, 4.69) is 10.3 Å². The molecule has 3 aliphatic carbocycles. The highest BCUT2D eigenvalue weighted by atomic mass is 35.5. The first-order valence-corrected chi connectivity index (χ1v) is 7.63. The maximum atomic E-state index is 13.9. The van der Waals surface area contributed by atoms with Gasteiger partial charge in [-0.1, -0.05) is 11.6 Å². The summed E-state index contributed by atoms with van der Waals surface area (Å²) in [6.45, 7) is 0. The normalized spacial score (nSPS) is 31.0. The molecule has 2 unspecified atom stereocenters. The summed E-state index contributed by atoms with van der Waals surface area (Å²) in [6, 6.07) is 1.37. The molecule has 0 amide bonds. The van der Waals surface area contributed by atoms with Gasteiger partial charge in [0.15, 0.2) is 5.82 Å². The van der Waals surface area contributed by atoms with Crippen LogP contribution in [-0.2, 0) is 9.53 Å². The third-order valence-electron chi connectivity index (χ3n) is 4.84. The monoisotopic (exact) mass is 312 g/mol. The molecule has 0 aromatic carbocycles. The molecule has 3 fully saturated rings. The molecule has 21 heavy (non-hydrogen) atoms. The van der Waals surface area contributed by atoms with Crippen LogP contribution in [-0.4, -0.2) is 24.1 Å². The van der Waals surface area contributed by atoms with Gasteiger partial charge in [0.1, 0.15) is 5.15 Å². The summed E-state index contributed by atoms with van der Waals surface area (Å²) in [7, 11) is 1.41. The Kier molecular flexibility index (Phi) is 4.02. The van der Waals surface area contributed by atoms with Crippen molar-refractivity contribution < 1.29 is 13.9 Å². The summed E-state index contributed by atoms with van der Waals surface area (Å²) >= 11 is 5.83. The van der Waals surface area contributed by atoms with Crippen LogP contribution in [0.4, 0.5) is 10.1 Å². The number of carbonyl (C=O) groups is 1. The molecule has 3 saturated carbocycles. The molecule has 1 N–H and O–H groups in total. The van der Waals surface area contributed by atoms with Crippen molar-refractivity contribution in [1.82, 2.24) is 4.98 Å². The molecule has 2 bridgehead atoms. The first-order valence-electron chi connectivity index (χ1n) is 7.25. The predicted molar refractivity (Wildman–Crippen MR) is 77.6 cm³/mol. The lowest BCUT2D eigenvalue weighted by molar-refractivity contribution is -0.152. The number of ether oxygens (including phenoxy) is 1. The van der Waals surface area contributed by atoms with Crippen molar-refractivity contribution in [2.45, 2.75) is 31.7 Å². The van der Waals surface area contributed by atoms with Gasteiger partial charge in [-0.25, -0.2) is 9.37 Å². The number of nitrogens with zero attached hydrogens (tertiary/aromatic N) is 1. The average Bonchev–Trinajstić information content (AvgIpc) is 2.51. The Labute approximate surface area is 128 Å². The number of aromatic nitrogens is 1. The molecule has 114 valence electrons. The molecule has 6 heteroatoms. The van der Waals surface area contributed by atoms with Crippen LogP contribution in [0.3, 0.4) is 0 Å². The molecular weight excluding hydrogens is 295 g/mol. The maximum Gasteiger partial charge on any atom is 0.311 e. The first-order chi connectivity index (χ1) is 10.1. The van der Waals surface area contributed by atoms with Crippen LogP contribution in [0, 0.1) is 23.6 Å². The minimum Gasteiger partial charge on any atom is -0.469 e. The van der Waals surface area contributed by atoms with Crippen LogP contribution in [0.1, 0.15) is 25.7 Å². The van der Waals surface area contributed by atoms with Gasteiger partial charge in [-0.2, -0.15) is 0 Å². The quantitative estimate of drug-likeness (QED) is 0.687. The number of rotatable bonds is 3. The number of hydrogen-bond donors (Lipinski definition) is 1. The maximum absolute atomic E-state index is 13.9. The first kappa shape index (κ1) is 14.6. The Hall–Kier alpha value is -1.36. The van der Waals surface area contributed by atoms with Gasteiger partial charge in [-0.05, 0) is 37.5 Å². The van der Waals surface area contributed by atoms with Gasteiger partial charge in [0.05, 0.1) is 24.9 Å². The van der Waals surface area contributed by atoms with E-state index in [0.29, 0.717) is 17.5 Å². The number of halogens is 2. The molecule has 1 aromatic rings. The number of nitrogens with one attached hydrogen (secondary N) is 1. The average molecular weight is 313 g/mol. The van der Waals surface area contributed by atoms with Crippen LogP contribution in [0.25, 0.3) is 0 Å². The van der Waals surface area contributed by atoms with Gasteiger partial charge < -0.3 is 10.1 Å². The van der Waals surface area contributed by atoms with Crippen molar-refractivity contribution in [3.8, 4) is 0 Å². The Morgan fingerprint density at radius 1 is 1.38 bits per heavy atom. The van der Waals surface area contributed by atoms with E-state index in [1.165, 1.54) is 13.2 Å². The van der Waals surface area contributed by atoms with Crippen LogP contribution >= 0.6 is 11.6 Å². The van der Waals surface area contributed by atoms with E-state index in [9.17, 15) is 9.18 Å². The Bertz CT molecular complexity index is 546. The Morgan fingerprint density at radius 2 is 2.05 bits per heavy atom. The third kappa shape index (κ3) is 2.71. The van der Waals surface area contributed by atoms with E-state index in [1.54, 1.807) is 0 Å². The van der Waals surface area contributed by atoms with Crippen molar-refractivity contribution in [3.05, 3.63) is 23.2 Å². The summed E-state index contributed by atoms with van der Waals surface area (Å²) in [6.07, 6.45) is 5.32. The van der Waals surface area contributed by atoms with Crippen molar-refractivity contribution in [3.63, 3.8) is 0 Å². The molecule has 4 nitrogen and oxygen atoms in total. The fourth-order valence-corrected chi connectivity index (χ4v) is 3.99. The van der Waals surface area contributed by atoms with Crippen molar-refractivity contribution in [1.29, 1.82) is 0 Å². The number of esters is 1. The zero-order valence-corrected chi connectivity index (χ0v) is 12.6. The van der Waals surface area contributed by atoms with E-state index < -0.39 is 5.82 Å². The number of carbonyl (C=O) groups excluding carboxylic acids is 1. The molecule has 1 aromatic heterocycles. The van der Waals surface area contributed by atoms with E-state index in [4.69, 9.17) is 16.3 Å². The smallest absolute Gasteiger partial charge is 0.311 e.